The van der Waals surface area contributed by atoms with E-state index in [1.807, 2.05) is 18.2 Å². The minimum Gasteiger partial charge on any atom is -0.469 e. The fourth-order valence-electron chi connectivity index (χ4n) is 1.91. The summed E-state index contributed by atoms with van der Waals surface area (Å²) in [6.45, 7) is 6.77. The van der Waals surface area contributed by atoms with E-state index >= 15 is 0 Å². The highest BCUT2D eigenvalue weighted by Crippen LogP contribution is 2.06. The van der Waals surface area contributed by atoms with E-state index in [4.69, 9.17) is 0 Å². The van der Waals surface area contributed by atoms with Crippen molar-refractivity contribution in [3.05, 3.63) is 35.9 Å². The van der Waals surface area contributed by atoms with E-state index in [9.17, 15) is 4.79 Å². The highest BCUT2D eigenvalue weighted by atomic mass is 16.5. The number of methoxy groups -OCH3 is 1. The van der Waals surface area contributed by atoms with Crippen molar-refractivity contribution in [3.63, 3.8) is 0 Å². The largest absolute Gasteiger partial charge is 0.469 e. The number of carbonyl (C=O) groups is 1. The van der Waals surface area contributed by atoms with E-state index in [-0.39, 0.29) is 11.5 Å². The van der Waals surface area contributed by atoms with Crippen molar-refractivity contribution in [1.29, 1.82) is 0 Å². The number of hydrogen-bond donors (Lipinski definition) is 1. The number of ether oxygens (including phenoxy) is 1. The van der Waals surface area contributed by atoms with Crippen LogP contribution in [-0.4, -0.2) is 31.0 Å². The zero-order valence-corrected chi connectivity index (χ0v) is 13.5. The maximum Gasteiger partial charge on any atom is 0.307 e. The van der Waals surface area contributed by atoms with Crippen molar-refractivity contribution in [2.24, 2.45) is 4.99 Å². The molecule has 1 N–H and O–H groups in total. The van der Waals surface area contributed by atoms with Gasteiger partial charge >= 0.3 is 5.97 Å². The number of nitrogens with one attached hydrogen (secondary N) is 1. The molecule has 0 spiro atoms. The SMILES string of the molecule is COC(=O)CCN=C(CCc1ccccc1)NC(C)(C)C. The topological polar surface area (TPSA) is 50.7 Å². The van der Waals surface area contributed by atoms with Crippen LogP contribution in [0.5, 0.6) is 0 Å². The highest BCUT2D eigenvalue weighted by molar-refractivity contribution is 5.83. The number of esters is 1. The van der Waals surface area contributed by atoms with Crippen molar-refractivity contribution in [2.75, 3.05) is 13.7 Å². The lowest BCUT2D eigenvalue weighted by Crippen LogP contribution is -2.41. The molecule has 0 fully saturated rings. The van der Waals surface area contributed by atoms with Crippen LogP contribution in [0.3, 0.4) is 0 Å². The standard InChI is InChI=1S/C17H26N2O2/c1-17(2,3)19-15(18-13-12-16(20)21-4)11-10-14-8-6-5-7-9-14/h5-9H,10-13H2,1-4H3,(H,18,19). The molecule has 0 radical (unpaired) electrons. The molecule has 0 aliphatic heterocycles. The molecule has 4 heteroatoms. The van der Waals surface area contributed by atoms with Crippen LogP contribution in [0.4, 0.5) is 0 Å². The molecule has 21 heavy (non-hydrogen) atoms. The second kappa shape index (κ2) is 8.45. The van der Waals surface area contributed by atoms with E-state index in [0.717, 1.165) is 18.7 Å². The summed E-state index contributed by atoms with van der Waals surface area (Å²) in [6.07, 6.45) is 2.08. The normalized spacial score (nSPS) is 12.1. The van der Waals surface area contributed by atoms with Gasteiger partial charge in [0.05, 0.1) is 25.9 Å². The van der Waals surface area contributed by atoms with Crippen LogP contribution in [0.1, 0.15) is 39.2 Å². The summed E-state index contributed by atoms with van der Waals surface area (Å²) in [4.78, 5) is 15.7. The predicted octanol–water partition coefficient (Wildman–Crippen LogP) is 2.97. The van der Waals surface area contributed by atoms with Crippen molar-refractivity contribution < 1.29 is 9.53 Å². The Balaban J connectivity index is 2.59. The van der Waals surface area contributed by atoms with Gasteiger partial charge < -0.3 is 10.1 Å². The Bertz CT molecular complexity index is 461. The molecule has 1 aromatic rings. The molecule has 0 amide bonds. The van der Waals surface area contributed by atoms with Gasteiger partial charge in [0, 0.05) is 12.0 Å². The lowest BCUT2D eigenvalue weighted by Gasteiger charge is -2.23. The smallest absolute Gasteiger partial charge is 0.307 e. The fourth-order valence-corrected chi connectivity index (χ4v) is 1.91. The van der Waals surface area contributed by atoms with Gasteiger partial charge in [-0.1, -0.05) is 30.3 Å². The molecule has 0 bridgehead atoms. The molecule has 0 atom stereocenters. The van der Waals surface area contributed by atoms with Crippen molar-refractivity contribution in [1.82, 2.24) is 5.32 Å². The first kappa shape index (κ1) is 17.2. The van der Waals surface area contributed by atoms with Gasteiger partial charge in [0.2, 0.25) is 0 Å². The molecule has 116 valence electrons. The summed E-state index contributed by atoms with van der Waals surface area (Å²) < 4.78 is 4.63. The number of aliphatic imine (C=N–C) groups is 1. The van der Waals surface area contributed by atoms with Crippen molar-refractivity contribution >= 4 is 11.8 Å². The summed E-state index contributed by atoms with van der Waals surface area (Å²) in [5.74, 6) is 0.715. The zero-order valence-electron chi connectivity index (χ0n) is 13.5. The monoisotopic (exact) mass is 290 g/mol. The number of amidine groups is 1. The first-order valence-electron chi connectivity index (χ1n) is 7.33. The van der Waals surface area contributed by atoms with Crippen molar-refractivity contribution in [2.45, 2.75) is 45.6 Å². The molecule has 0 aliphatic rings. The van der Waals surface area contributed by atoms with Gasteiger partial charge in [-0.05, 0) is 32.8 Å². The number of hydrogen-bond acceptors (Lipinski definition) is 3. The quantitative estimate of drug-likeness (QED) is 0.498. The van der Waals surface area contributed by atoms with E-state index < -0.39 is 0 Å². The Kier molecular flexibility index (Phi) is 6.92. The van der Waals surface area contributed by atoms with Crippen LogP contribution >= 0.6 is 0 Å². The van der Waals surface area contributed by atoms with Crippen molar-refractivity contribution in [3.8, 4) is 0 Å². The average Bonchev–Trinajstić information content (AvgIpc) is 2.44. The summed E-state index contributed by atoms with van der Waals surface area (Å²) in [7, 11) is 1.40. The molecule has 0 aromatic heterocycles. The predicted molar refractivity (Wildman–Crippen MR) is 86.6 cm³/mol. The van der Waals surface area contributed by atoms with E-state index in [1.54, 1.807) is 0 Å². The van der Waals surface area contributed by atoms with Crippen LogP contribution in [0.25, 0.3) is 0 Å². The van der Waals surface area contributed by atoms with E-state index in [0.29, 0.717) is 13.0 Å². The fraction of sp³-hybridized carbons (Fsp3) is 0.529. The first-order chi connectivity index (χ1) is 9.90. The maximum atomic E-state index is 11.1. The molecule has 4 nitrogen and oxygen atoms in total. The third kappa shape index (κ3) is 8.12. The molecule has 0 saturated carbocycles. The number of carbonyl (C=O) groups excluding carboxylic acids is 1. The van der Waals surface area contributed by atoms with Crippen LogP contribution in [0.2, 0.25) is 0 Å². The Morgan fingerprint density at radius 1 is 1.19 bits per heavy atom. The number of nitrogens with zero attached hydrogens (tertiary/aromatic N) is 1. The molecular weight excluding hydrogens is 264 g/mol. The first-order valence-corrected chi connectivity index (χ1v) is 7.33. The van der Waals surface area contributed by atoms with E-state index in [2.05, 4.69) is 48.0 Å². The number of rotatable bonds is 6. The highest BCUT2D eigenvalue weighted by Gasteiger charge is 2.12. The van der Waals surface area contributed by atoms with Gasteiger partial charge in [-0.15, -0.1) is 0 Å². The molecule has 1 aromatic carbocycles. The molecule has 0 heterocycles. The molecule has 1 rings (SSSR count). The lowest BCUT2D eigenvalue weighted by molar-refractivity contribution is -0.140. The molecule has 0 unspecified atom stereocenters. The molecule has 0 saturated heterocycles. The van der Waals surface area contributed by atoms with Crippen LogP contribution in [0, 0.1) is 0 Å². The minimum absolute atomic E-state index is 0.0409. The number of aryl methyl sites for hydroxylation is 1. The Morgan fingerprint density at radius 3 is 2.43 bits per heavy atom. The summed E-state index contributed by atoms with van der Waals surface area (Å²) in [5.41, 5.74) is 1.25. The summed E-state index contributed by atoms with van der Waals surface area (Å²) in [5, 5.41) is 3.42. The average molecular weight is 290 g/mol. The molecular formula is C17H26N2O2. The summed E-state index contributed by atoms with van der Waals surface area (Å²) >= 11 is 0. The Labute approximate surface area is 127 Å². The van der Waals surface area contributed by atoms with Crippen LogP contribution < -0.4 is 5.32 Å². The zero-order chi connectivity index (χ0) is 15.7. The van der Waals surface area contributed by atoms with Crippen LogP contribution in [-0.2, 0) is 16.0 Å². The van der Waals surface area contributed by atoms with Gasteiger partial charge in [-0.3, -0.25) is 9.79 Å². The minimum atomic E-state index is -0.225. The second-order valence-electron chi connectivity index (χ2n) is 6.02. The van der Waals surface area contributed by atoms with E-state index in [1.165, 1.54) is 12.7 Å². The molecule has 0 aliphatic carbocycles. The third-order valence-electron chi connectivity index (χ3n) is 2.86. The van der Waals surface area contributed by atoms with Gasteiger partial charge in [0.25, 0.3) is 0 Å². The lowest BCUT2D eigenvalue weighted by atomic mass is 10.1. The van der Waals surface area contributed by atoms with Gasteiger partial charge in [-0.25, -0.2) is 0 Å². The van der Waals surface area contributed by atoms with Crippen LogP contribution in [0.15, 0.2) is 35.3 Å². The maximum absolute atomic E-state index is 11.1. The second-order valence-corrected chi connectivity index (χ2v) is 6.02. The third-order valence-corrected chi connectivity index (χ3v) is 2.86. The van der Waals surface area contributed by atoms with Gasteiger partial charge in [-0.2, -0.15) is 0 Å². The summed E-state index contributed by atoms with van der Waals surface area (Å²) in [6, 6.07) is 10.3. The Morgan fingerprint density at radius 2 is 1.86 bits per heavy atom. The van der Waals surface area contributed by atoms with Gasteiger partial charge in [0.15, 0.2) is 0 Å². The number of benzene rings is 1. The Hall–Kier alpha value is -1.84. The van der Waals surface area contributed by atoms with Gasteiger partial charge in [0.1, 0.15) is 0 Å².